The maximum absolute atomic E-state index is 10.9. The molecule has 3 nitrogen and oxygen atoms in total. The summed E-state index contributed by atoms with van der Waals surface area (Å²) in [5, 5.41) is 0. The molecule has 0 spiro atoms. The van der Waals surface area contributed by atoms with Crippen molar-refractivity contribution in [2.24, 2.45) is 10.9 Å². The highest BCUT2D eigenvalue weighted by Crippen LogP contribution is 2.09. The van der Waals surface area contributed by atoms with Crippen molar-refractivity contribution in [1.82, 2.24) is 0 Å². The number of carbonyl (C=O) groups excluding carboxylic acids is 1. The van der Waals surface area contributed by atoms with E-state index >= 15 is 0 Å². The quantitative estimate of drug-likeness (QED) is 0.529. The van der Waals surface area contributed by atoms with E-state index in [0.717, 1.165) is 6.42 Å². The lowest BCUT2D eigenvalue weighted by molar-refractivity contribution is -0.147. The highest BCUT2D eigenvalue weighted by molar-refractivity contribution is 5.78. The van der Waals surface area contributed by atoms with E-state index in [-0.39, 0.29) is 11.9 Å². The maximum atomic E-state index is 10.9. The monoisotopic (exact) mass is 141 g/mol. The molecule has 0 radical (unpaired) electrons. The zero-order valence-corrected chi connectivity index (χ0v) is 6.04. The van der Waals surface area contributed by atoms with Gasteiger partial charge in [0.2, 0.25) is 0 Å². The van der Waals surface area contributed by atoms with E-state index in [2.05, 4.69) is 4.99 Å². The summed E-state index contributed by atoms with van der Waals surface area (Å²) in [5.74, 6) is -0.111. The van der Waals surface area contributed by atoms with Crippen molar-refractivity contribution in [1.29, 1.82) is 0 Å². The molecule has 0 saturated carbocycles. The van der Waals surface area contributed by atoms with Crippen LogP contribution in [-0.2, 0) is 9.53 Å². The van der Waals surface area contributed by atoms with E-state index in [0.29, 0.717) is 13.2 Å². The number of esters is 1. The molecule has 0 bridgehead atoms. The largest absolute Gasteiger partial charge is 0.466 e. The minimum Gasteiger partial charge on any atom is -0.466 e. The van der Waals surface area contributed by atoms with Gasteiger partial charge in [-0.1, -0.05) is 0 Å². The lowest BCUT2D eigenvalue weighted by Crippen LogP contribution is -2.17. The number of carbonyl (C=O) groups is 1. The summed E-state index contributed by atoms with van der Waals surface area (Å²) >= 11 is 0. The fraction of sp³-hybridized carbons (Fsp3) is 0.714. The molecule has 3 heteroatoms. The SMILES string of the molecule is CCOC(=O)C1CC=NC1. The number of ether oxygens (including phenoxy) is 1. The zero-order chi connectivity index (χ0) is 7.40. The van der Waals surface area contributed by atoms with Gasteiger partial charge in [0.15, 0.2) is 0 Å². The van der Waals surface area contributed by atoms with Crippen LogP contribution in [0.5, 0.6) is 0 Å². The predicted molar refractivity (Wildman–Crippen MR) is 38.1 cm³/mol. The number of hydrogen-bond acceptors (Lipinski definition) is 3. The standard InChI is InChI=1S/C7H11NO2/c1-2-10-7(9)6-3-4-8-5-6/h4,6H,2-3,5H2,1H3. The summed E-state index contributed by atoms with van der Waals surface area (Å²) in [7, 11) is 0. The van der Waals surface area contributed by atoms with Gasteiger partial charge in [-0.3, -0.25) is 9.79 Å². The Morgan fingerprint density at radius 2 is 2.70 bits per heavy atom. The van der Waals surface area contributed by atoms with Crippen LogP contribution in [0.4, 0.5) is 0 Å². The normalized spacial score (nSPS) is 23.1. The average molecular weight is 141 g/mol. The Morgan fingerprint density at radius 1 is 1.90 bits per heavy atom. The second-order valence-corrected chi connectivity index (χ2v) is 2.23. The molecule has 0 amide bonds. The zero-order valence-electron chi connectivity index (χ0n) is 6.04. The molecule has 1 aliphatic rings. The van der Waals surface area contributed by atoms with Crippen LogP contribution >= 0.6 is 0 Å². The minimum atomic E-state index is -0.111. The predicted octanol–water partition coefficient (Wildman–Crippen LogP) is 0.640. The minimum absolute atomic E-state index is 0.0000463. The molecule has 1 atom stereocenters. The van der Waals surface area contributed by atoms with Gasteiger partial charge in [-0.05, 0) is 19.6 Å². The van der Waals surface area contributed by atoms with Gasteiger partial charge < -0.3 is 4.74 Å². The maximum Gasteiger partial charge on any atom is 0.311 e. The van der Waals surface area contributed by atoms with E-state index in [1.54, 1.807) is 6.21 Å². The van der Waals surface area contributed by atoms with Gasteiger partial charge in [-0.2, -0.15) is 0 Å². The molecule has 0 fully saturated rings. The number of aliphatic imine (C=N–C) groups is 1. The summed E-state index contributed by atoms with van der Waals surface area (Å²) in [6.07, 6.45) is 2.53. The molecular weight excluding hydrogens is 130 g/mol. The molecular formula is C7H11NO2. The van der Waals surface area contributed by atoms with Crippen LogP contribution in [0.2, 0.25) is 0 Å². The van der Waals surface area contributed by atoms with E-state index < -0.39 is 0 Å². The molecule has 56 valence electrons. The summed E-state index contributed by atoms with van der Waals surface area (Å²) in [4.78, 5) is 14.9. The average Bonchev–Trinajstić information content (AvgIpc) is 2.38. The van der Waals surface area contributed by atoms with Crippen molar-refractivity contribution in [3.8, 4) is 0 Å². The first-order valence-electron chi connectivity index (χ1n) is 3.49. The van der Waals surface area contributed by atoms with E-state index in [1.165, 1.54) is 0 Å². The van der Waals surface area contributed by atoms with E-state index in [9.17, 15) is 4.79 Å². The van der Waals surface area contributed by atoms with E-state index in [1.807, 2.05) is 6.92 Å². The summed E-state index contributed by atoms with van der Waals surface area (Å²) < 4.78 is 4.81. The Bertz CT molecular complexity index is 146. The van der Waals surface area contributed by atoms with Crippen molar-refractivity contribution < 1.29 is 9.53 Å². The molecule has 10 heavy (non-hydrogen) atoms. The molecule has 1 heterocycles. The molecule has 0 saturated heterocycles. The van der Waals surface area contributed by atoms with Crippen molar-refractivity contribution in [2.45, 2.75) is 13.3 Å². The van der Waals surface area contributed by atoms with Crippen LogP contribution in [0.25, 0.3) is 0 Å². The van der Waals surface area contributed by atoms with Gasteiger partial charge in [0, 0.05) is 0 Å². The van der Waals surface area contributed by atoms with Crippen molar-refractivity contribution >= 4 is 12.2 Å². The number of hydrogen-bond donors (Lipinski definition) is 0. The Morgan fingerprint density at radius 3 is 3.20 bits per heavy atom. The highest BCUT2D eigenvalue weighted by atomic mass is 16.5. The van der Waals surface area contributed by atoms with Gasteiger partial charge in [0.25, 0.3) is 0 Å². The third kappa shape index (κ3) is 1.56. The smallest absolute Gasteiger partial charge is 0.311 e. The number of nitrogens with zero attached hydrogens (tertiary/aromatic N) is 1. The molecule has 1 rings (SSSR count). The Labute approximate surface area is 60.1 Å². The van der Waals surface area contributed by atoms with Gasteiger partial charge in [-0.15, -0.1) is 0 Å². The Balaban J connectivity index is 2.28. The van der Waals surface area contributed by atoms with Gasteiger partial charge in [-0.25, -0.2) is 0 Å². The van der Waals surface area contributed by atoms with Gasteiger partial charge >= 0.3 is 5.97 Å². The third-order valence-corrected chi connectivity index (χ3v) is 1.46. The van der Waals surface area contributed by atoms with Gasteiger partial charge in [0.1, 0.15) is 0 Å². The second-order valence-electron chi connectivity index (χ2n) is 2.23. The number of rotatable bonds is 2. The molecule has 1 aliphatic heterocycles. The van der Waals surface area contributed by atoms with Crippen LogP contribution in [-0.4, -0.2) is 25.3 Å². The first kappa shape index (κ1) is 7.25. The molecule has 0 aromatic heterocycles. The fourth-order valence-corrected chi connectivity index (χ4v) is 0.909. The lowest BCUT2D eigenvalue weighted by Gasteiger charge is -2.05. The van der Waals surface area contributed by atoms with E-state index in [4.69, 9.17) is 4.74 Å². The van der Waals surface area contributed by atoms with Gasteiger partial charge in [0.05, 0.1) is 19.1 Å². The molecule has 1 unspecified atom stereocenters. The van der Waals surface area contributed by atoms with Crippen molar-refractivity contribution in [3.05, 3.63) is 0 Å². The lowest BCUT2D eigenvalue weighted by atomic mass is 10.1. The fourth-order valence-electron chi connectivity index (χ4n) is 0.909. The Kier molecular flexibility index (Phi) is 2.42. The first-order chi connectivity index (χ1) is 4.84. The first-order valence-corrected chi connectivity index (χ1v) is 3.49. The van der Waals surface area contributed by atoms with Crippen LogP contribution in [0, 0.1) is 5.92 Å². The van der Waals surface area contributed by atoms with Crippen LogP contribution in [0.15, 0.2) is 4.99 Å². The molecule has 0 aliphatic carbocycles. The molecule has 0 aromatic rings. The summed E-state index contributed by atoms with van der Waals surface area (Å²) in [6.45, 7) is 2.89. The van der Waals surface area contributed by atoms with Crippen LogP contribution in [0.3, 0.4) is 0 Å². The molecule has 0 aromatic carbocycles. The second kappa shape index (κ2) is 3.34. The summed E-state index contributed by atoms with van der Waals surface area (Å²) in [5.41, 5.74) is 0. The summed E-state index contributed by atoms with van der Waals surface area (Å²) in [6, 6.07) is 0. The Hall–Kier alpha value is -0.860. The third-order valence-electron chi connectivity index (χ3n) is 1.46. The topological polar surface area (TPSA) is 38.7 Å². The van der Waals surface area contributed by atoms with Crippen LogP contribution < -0.4 is 0 Å². The van der Waals surface area contributed by atoms with Crippen molar-refractivity contribution in [3.63, 3.8) is 0 Å². The van der Waals surface area contributed by atoms with Crippen molar-refractivity contribution in [2.75, 3.05) is 13.2 Å². The highest BCUT2D eigenvalue weighted by Gasteiger charge is 2.20. The van der Waals surface area contributed by atoms with Crippen LogP contribution in [0.1, 0.15) is 13.3 Å². The molecule has 0 N–H and O–H groups in total.